The van der Waals surface area contributed by atoms with Gasteiger partial charge < -0.3 is 15.2 Å². The molecule has 6 heteroatoms. The molecule has 0 aromatic rings. The molecule has 0 fully saturated rings. The summed E-state index contributed by atoms with van der Waals surface area (Å²) in [4.78, 5) is 19.9. The van der Waals surface area contributed by atoms with Crippen LogP contribution >= 0.6 is 0 Å². The molecule has 2 N–H and O–H groups in total. The lowest BCUT2D eigenvalue weighted by atomic mass is 10.1. The number of aliphatic carboxylic acids is 1. The molecule has 0 aliphatic rings. The maximum atomic E-state index is 11.2. The molecule has 0 aromatic heterocycles. The van der Waals surface area contributed by atoms with E-state index in [1.807, 2.05) is 13.8 Å². The first-order valence-corrected chi connectivity index (χ1v) is 4.56. The second-order valence-electron chi connectivity index (χ2n) is 3.07. The maximum Gasteiger partial charge on any atom is 0.406 e. The van der Waals surface area contributed by atoms with Crippen molar-refractivity contribution in [1.29, 1.82) is 0 Å². The molecule has 0 saturated carbocycles. The molecule has 0 bridgehead atoms. The number of carboxylic acid groups (broad SMARTS) is 1. The number of carboxylic acids is 1. The number of ether oxygens (including phenoxy) is 1. The van der Waals surface area contributed by atoms with Crippen LogP contribution in [-0.2, 0) is 9.53 Å². The topological polar surface area (TPSA) is 75.6 Å². The van der Waals surface area contributed by atoms with Gasteiger partial charge in [0.1, 0.15) is 13.3 Å². The number of alkyl halides is 1. The highest BCUT2D eigenvalue weighted by Crippen LogP contribution is 1.96. The van der Waals surface area contributed by atoms with E-state index in [0.717, 1.165) is 0 Å². The molecule has 0 spiro atoms. The van der Waals surface area contributed by atoms with Crippen LogP contribution in [0.3, 0.4) is 0 Å². The van der Waals surface area contributed by atoms with Gasteiger partial charge in [-0.3, -0.25) is 4.79 Å². The molecule has 0 aliphatic carbocycles. The van der Waals surface area contributed by atoms with E-state index in [-0.39, 0.29) is 18.9 Å². The smallest absolute Gasteiger partial charge is 0.406 e. The number of rotatable bonds is 4. The number of halogens is 1. The van der Waals surface area contributed by atoms with E-state index in [4.69, 9.17) is 5.11 Å². The lowest BCUT2D eigenvalue weighted by molar-refractivity contribution is -0.137. The van der Waals surface area contributed by atoms with Crippen LogP contribution in [0.5, 0.6) is 0 Å². The fraction of sp³-hybridized carbons (Fsp3) is 0.778. The Bertz CT molecular complexity index is 185. The number of nitrogens with one attached hydrogen (secondary N) is 1. The summed E-state index contributed by atoms with van der Waals surface area (Å²) < 4.78 is 15.4. The van der Waals surface area contributed by atoms with E-state index in [1.165, 1.54) is 7.05 Å². The third-order valence-corrected chi connectivity index (χ3v) is 1.10. The Kier molecular flexibility index (Phi) is 11.5. The van der Waals surface area contributed by atoms with E-state index >= 15 is 0 Å². The normalized spacial score (nSPS) is 8.87. The number of carbonyl (C=O) groups excluding carboxylic acids is 1. The SMILES string of the molecule is CC(C)CC(=O)O.CNC(=O)OCCF. The summed E-state index contributed by atoms with van der Waals surface area (Å²) in [5.74, 6) is -0.438. The van der Waals surface area contributed by atoms with Gasteiger partial charge in [-0.2, -0.15) is 0 Å². The zero-order chi connectivity index (χ0) is 12.3. The van der Waals surface area contributed by atoms with E-state index in [9.17, 15) is 14.0 Å². The van der Waals surface area contributed by atoms with Crippen LogP contribution in [0.25, 0.3) is 0 Å². The van der Waals surface area contributed by atoms with Gasteiger partial charge in [0.15, 0.2) is 0 Å². The van der Waals surface area contributed by atoms with Gasteiger partial charge in [-0.05, 0) is 5.92 Å². The molecule has 0 atom stereocenters. The van der Waals surface area contributed by atoms with Crippen LogP contribution in [-0.4, -0.2) is 37.5 Å². The van der Waals surface area contributed by atoms with Crippen molar-refractivity contribution in [3.63, 3.8) is 0 Å². The Hall–Kier alpha value is -1.33. The number of amides is 1. The summed E-state index contributed by atoms with van der Waals surface area (Å²) in [5, 5.41) is 10.3. The van der Waals surface area contributed by atoms with Gasteiger partial charge in [0.05, 0.1) is 0 Å². The van der Waals surface area contributed by atoms with E-state index in [2.05, 4.69) is 10.1 Å². The molecular weight excluding hydrogens is 205 g/mol. The number of hydrogen-bond acceptors (Lipinski definition) is 3. The Morgan fingerprint density at radius 2 is 2.00 bits per heavy atom. The largest absolute Gasteiger partial charge is 0.481 e. The van der Waals surface area contributed by atoms with Crippen LogP contribution in [0.1, 0.15) is 20.3 Å². The van der Waals surface area contributed by atoms with Crippen molar-refractivity contribution < 1.29 is 23.8 Å². The maximum absolute atomic E-state index is 11.2. The molecule has 5 nitrogen and oxygen atoms in total. The minimum atomic E-state index is -0.713. The lowest BCUT2D eigenvalue weighted by Crippen LogP contribution is -2.20. The van der Waals surface area contributed by atoms with Gasteiger partial charge in [-0.25, -0.2) is 9.18 Å². The molecule has 0 rings (SSSR count). The zero-order valence-electron chi connectivity index (χ0n) is 9.25. The Morgan fingerprint density at radius 3 is 2.20 bits per heavy atom. The standard InChI is InChI=1S/C5H10O2.C4H8FNO2/c1-4(2)3-5(6)7;1-6-4(7)8-3-2-5/h4H,3H2,1-2H3,(H,6,7);2-3H2,1H3,(H,6,7). The average molecular weight is 223 g/mol. The monoisotopic (exact) mass is 223 g/mol. The molecule has 90 valence electrons. The van der Waals surface area contributed by atoms with Crippen LogP contribution in [0.4, 0.5) is 9.18 Å². The van der Waals surface area contributed by atoms with Crippen molar-refractivity contribution in [2.24, 2.45) is 5.92 Å². The highest BCUT2D eigenvalue weighted by molar-refractivity contribution is 5.67. The minimum absolute atomic E-state index is 0.167. The quantitative estimate of drug-likeness (QED) is 0.756. The first-order chi connectivity index (χ1) is 6.93. The summed E-state index contributed by atoms with van der Waals surface area (Å²) in [7, 11) is 1.42. The summed E-state index contributed by atoms with van der Waals surface area (Å²) in [6.45, 7) is 2.97. The van der Waals surface area contributed by atoms with E-state index in [0.29, 0.717) is 0 Å². The zero-order valence-corrected chi connectivity index (χ0v) is 9.25. The van der Waals surface area contributed by atoms with Gasteiger partial charge in [0.2, 0.25) is 0 Å². The van der Waals surface area contributed by atoms with Crippen molar-refractivity contribution in [3.8, 4) is 0 Å². The Balaban J connectivity index is 0. The van der Waals surface area contributed by atoms with Gasteiger partial charge >= 0.3 is 12.1 Å². The summed E-state index contributed by atoms with van der Waals surface area (Å²) in [6, 6.07) is 0. The minimum Gasteiger partial charge on any atom is -0.481 e. The Labute approximate surface area is 88.6 Å². The average Bonchev–Trinajstić information content (AvgIpc) is 2.12. The highest BCUT2D eigenvalue weighted by Gasteiger charge is 1.98. The first kappa shape index (κ1) is 16.1. The third-order valence-electron chi connectivity index (χ3n) is 1.10. The predicted molar refractivity (Wildman–Crippen MR) is 53.5 cm³/mol. The molecule has 0 aromatic carbocycles. The number of carbonyl (C=O) groups is 2. The second kappa shape index (κ2) is 10.7. The third kappa shape index (κ3) is 19.2. The molecule has 0 heterocycles. The van der Waals surface area contributed by atoms with Crippen LogP contribution in [0.2, 0.25) is 0 Å². The van der Waals surface area contributed by atoms with Gasteiger partial charge in [-0.1, -0.05) is 13.8 Å². The summed E-state index contributed by atoms with van der Waals surface area (Å²) in [5.41, 5.74) is 0. The van der Waals surface area contributed by atoms with E-state index in [1.54, 1.807) is 0 Å². The Morgan fingerprint density at radius 1 is 1.47 bits per heavy atom. The molecule has 1 amide bonds. The molecule has 15 heavy (non-hydrogen) atoms. The molecule has 0 unspecified atom stereocenters. The van der Waals surface area contributed by atoms with Gasteiger partial charge in [0, 0.05) is 13.5 Å². The predicted octanol–water partition coefficient (Wildman–Crippen LogP) is 1.43. The first-order valence-electron chi connectivity index (χ1n) is 4.56. The van der Waals surface area contributed by atoms with Crippen LogP contribution < -0.4 is 5.32 Å². The van der Waals surface area contributed by atoms with Crippen molar-refractivity contribution in [3.05, 3.63) is 0 Å². The fourth-order valence-corrected chi connectivity index (χ4v) is 0.553. The van der Waals surface area contributed by atoms with Gasteiger partial charge in [-0.15, -0.1) is 0 Å². The fourth-order valence-electron chi connectivity index (χ4n) is 0.553. The molecule has 0 saturated heterocycles. The van der Waals surface area contributed by atoms with Crippen LogP contribution in [0.15, 0.2) is 0 Å². The van der Waals surface area contributed by atoms with Crippen molar-refractivity contribution in [1.82, 2.24) is 5.32 Å². The molecular formula is C9H18FNO4. The van der Waals surface area contributed by atoms with Crippen molar-refractivity contribution in [2.75, 3.05) is 20.3 Å². The van der Waals surface area contributed by atoms with Crippen molar-refractivity contribution >= 4 is 12.1 Å². The van der Waals surface area contributed by atoms with Crippen LogP contribution in [0, 0.1) is 5.92 Å². The second-order valence-corrected chi connectivity index (χ2v) is 3.07. The van der Waals surface area contributed by atoms with E-state index < -0.39 is 18.7 Å². The summed E-state index contributed by atoms with van der Waals surface area (Å²) >= 11 is 0. The van der Waals surface area contributed by atoms with Gasteiger partial charge in [0.25, 0.3) is 0 Å². The molecule has 0 aliphatic heterocycles. The summed E-state index contributed by atoms with van der Waals surface area (Å²) in [6.07, 6.45) is -0.317. The molecule has 0 radical (unpaired) electrons. The lowest BCUT2D eigenvalue weighted by Gasteiger charge is -1.97. The number of hydrogen-bond donors (Lipinski definition) is 2. The number of alkyl carbamates (subject to hydrolysis) is 1. The van der Waals surface area contributed by atoms with Crippen molar-refractivity contribution in [2.45, 2.75) is 20.3 Å². The highest BCUT2D eigenvalue weighted by atomic mass is 19.1.